The summed E-state index contributed by atoms with van der Waals surface area (Å²) in [4.78, 5) is 17.3. The summed E-state index contributed by atoms with van der Waals surface area (Å²) in [7, 11) is -3.49. The first-order chi connectivity index (χ1) is 13.7. The van der Waals surface area contributed by atoms with Gasteiger partial charge >= 0.3 is 0 Å². The molecule has 29 heavy (non-hydrogen) atoms. The number of nitrogens with zero attached hydrogens (tertiary/aromatic N) is 3. The number of carbonyl (C=O) groups is 1. The van der Waals surface area contributed by atoms with Crippen molar-refractivity contribution in [3.63, 3.8) is 0 Å². The Hall–Kier alpha value is -1.28. The van der Waals surface area contributed by atoms with Crippen molar-refractivity contribution in [2.24, 2.45) is 22.7 Å². The summed E-state index contributed by atoms with van der Waals surface area (Å²) in [5, 5.41) is 4.07. The minimum Gasteiger partial charge on any atom is -0.339 e. The molecule has 3 saturated carbocycles. The Kier molecular flexibility index (Phi) is 4.48. The first-order valence-corrected chi connectivity index (χ1v) is 12.7. The molecule has 3 aliphatic carbocycles. The number of aromatic nitrogens is 2. The third kappa shape index (κ3) is 3.17. The fraction of sp³-hybridized carbons (Fsp3) is 0.857. The molecule has 0 unspecified atom stereocenters. The summed E-state index contributed by atoms with van der Waals surface area (Å²) in [5.41, 5.74) is -0.926. The number of ketones is 1. The van der Waals surface area contributed by atoms with E-state index < -0.39 is 15.4 Å². The van der Waals surface area contributed by atoms with Crippen molar-refractivity contribution in [1.29, 1.82) is 0 Å². The van der Waals surface area contributed by atoms with Gasteiger partial charge in [-0.3, -0.25) is 4.79 Å². The number of sulfonamides is 1. The van der Waals surface area contributed by atoms with Crippen LogP contribution in [0.5, 0.6) is 0 Å². The van der Waals surface area contributed by atoms with E-state index in [0.29, 0.717) is 50.1 Å². The molecule has 0 radical (unpaired) electrons. The van der Waals surface area contributed by atoms with E-state index in [1.807, 2.05) is 0 Å². The van der Waals surface area contributed by atoms with Crippen LogP contribution in [0.3, 0.4) is 0 Å². The molecule has 4 aliphatic rings. The van der Waals surface area contributed by atoms with Crippen molar-refractivity contribution in [3.8, 4) is 0 Å². The normalized spacial score (nSPS) is 34.8. The second-order valence-electron chi connectivity index (χ2n) is 10.3. The first-order valence-electron chi connectivity index (χ1n) is 11.0. The van der Waals surface area contributed by atoms with Gasteiger partial charge in [0.15, 0.2) is 5.82 Å². The zero-order valence-electron chi connectivity index (χ0n) is 17.4. The highest BCUT2D eigenvalue weighted by atomic mass is 32.2. The van der Waals surface area contributed by atoms with Crippen molar-refractivity contribution in [1.82, 2.24) is 14.4 Å². The standard InChI is InChI=1S/C21H31N3O4S/c1-20(2)16-7-8-21(20,17(25)11-16)13-29(26,27)24-9-3-4-14(12-24)10-18-22-19(23-28-18)15-5-6-15/h14-16H,3-13H2,1-2H3/t14-,16+,21-/m1/s1. The number of fused-ring (bicyclic) bond motifs is 2. The Labute approximate surface area is 172 Å². The van der Waals surface area contributed by atoms with Crippen LogP contribution in [0.2, 0.25) is 0 Å². The van der Waals surface area contributed by atoms with Gasteiger partial charge in [-0.2, -0.15) is 4.98 Å². The van der Waals surface area contributed by atoms with Crippen molar-refractivity contribution < 1.29 is 17.7 Å². The van der Waals surface area contributed by atoms with E-state index in [9.17, 15) is 13.2 Å². The second-order valence-corrected chi connectivity index (χ2v) is 12.3. The lowest BCUT2D eigenvalue weighted by Crippen LogP contribution is -2.49. The molecule has 1 aromatic heterocycles. The van der Waals surface area contributed by atoms with Gasteiger partial charge in [-0.25, -0.2) is 12.7 Å². The lowest BCUT2D eigenvalue weighted by Gasteiger charge is -2.39. The molecule has 1 aliphatic heterocycles. The Bertz CT molecular complexity index is 920. The van der Waals surface area contributed by atoms with Crippen LogP contribution in [0.1, 0.15) is 76.4 Å². The maximum atomic E-state index is 13.4. The number of hydrogen-bond acceptors (Lipinski definition) is 6. The van der Waals surface area contributed by atoms with E-state index in [0.717, 1.165) is 37.9 Å². The molecule has 2 bridgehead atoms. The molecule has 0 spiro atoms. The van der Waals surface area contributed by atoms with Crippen LogP contribution in [-0.4, -0.2) is 47.5 Å². The van der Waals surface area contributed by atoms with Crippen LogP contribution in [-0.2, 0) is 21.2 Å². The third-order valence-corrected chi connectivity index (χ3v) is 10.3. The predicted octanol–water partition coefficient (Wildman–Crippen LogP) is 2.93. The molecule has 1 aromatic rings. The smallest absolute Gasteiger partial charge is 0.226 e. The van der Waals surface area contributed by atoms with E-state index in [4.69, 9.17) is 4.52 Å². The van der Waals surface area contributed by atoms with Crippen LogP contribution in [0.4, 0.5) is 0 Å². The highest BCUT2D eigenvalue weighted by molar-refractivity contribution is 7.89. The van der Waals surface area contributed by atoms with Crippen molar-refractivity contribution in [3.05, 3.63) is 11.7 Å². The Morgan fingerprint density at radius 2 is 2.00 bits per heavy atom. The lowest BCUT2D eigenvalue weighted by molar-refractivity contribution is -0.128. The predicted molar refractivity (Wildman–Crippen MR) is 107 cm³/mol. The van der Waals surface area contributed by atoms with Crippen LogP contribution < -0.4 is 0 Å². The summed E-state index contributed by atoms with van der Waals surface area (Å²) in [6, 6.07) is 0. The van der Waals surface area contributed by atoms with Crippen LogP contribution in [0, 0.1) is 22.7 Å². The minimum absolute atomic E-state index is 0.0264. The summed E-state index contributed by atoms with van der Waals surface area (Å²) in [5.74, 6) is 2.54. The number of piperidine rings is 1. The maximum Gasteiger partial charge on any atom is 0.226 e. The molecule has 4 fully saturated rings. The molecular weight excluding hydrogens is 390 g/mol. The van der Waals surface area contributed by atoms with Gasteiger partial charge in [-0.15, -0.1) is 0 Å². The van der Waals surface area contributed by atoms with Crippen molar-refractivity contribution in [2.75, 3.05) is 18.8 Å². The quantitative estimate of drug-likeness (QED) is 0.701. The van der Waals surface area contributed by atoms with Gasteiger partial charge in [0.2, 0.25) is 15.9 Å². The first kappa shape index (κ1) is 19.7. The van der Waals surface area contributed by atoms with Gasteiger partial charge in [-0.1, -0.05) is 19.0 Å². The Balaban J connectivity index is 1.28. The zero-order chi connectivity index (χ0) is 20.4. The van der Waals surface area contributed by atoms with Gasteiger partial charge in [0, 0.05) is 37.3 Å². The zero-order valence-corrected chi connectivity index (χ0v) is 18.2. The molecule has 0 N–H and O–H groups in total. The molecule has 2 heterocycles. The number of Topliss-reactive ketones (excluding diaryl/α,β-unsaturated/α-hetero) is 1. The number of carbonyl (C=O) groups excluding carboxylic acids is 1. The summed E-state index contributed by atoms with van der Waals surface area (Å²) in [6.07, 6.45) is 6.92. The average Bonchev–Trinajstić information content (AvgIpc) is 3.33. The highest BCUT2D eigenvalue weighted by Crippen LogP contribution is 2.64. The summed E-state index contributed by atoms with van der Waals surface area (Å²) >= 11 is 0. The van der Waals surface area contributed by atoms with Gasteiger partial charge < -0.3 is 4.52 Å². The van der Waals surface area contributed by atoms with E-state index in [-0.39, 0.29) is 22.9 Å². The third-order valence-electron chi connectivity index (χ3n) is 8.33. The average molecular weight is 422 g/mol. The monoisotopic (exact) mass is 421 g/mol. The lowest BCUT2D eigenvalue weighted by atomic mass is 9.70. The SMILES string of the molecule is CC1(C)[C@H]2CC[C@@]1(CS(=O)(=O)N1CCC[C@H](Cc3nc(C4CC4)no3)C1)C(=O)C2. The Morgan fingerprint density at radius 1 is 1.21 bits per heavy atom. The molecule has 0 amide bonds. The van der Waals surface area contributed by atoms with Gasteiger partial charge in [-0.05, 0) is 55.8 Å². The molecular formula is C21H31N3O4S. The topological polar surface area (TPSA) is 93.4 Å². The van der Waals surface area contributed by atoms with Gasteiger partial charge in [0.05, 0.1) is 5.75 Å². The van der Waals surface area contributed by atoms with Gasteiger partial charge in [0.25, 0.3) is 0 Å². The fourth-order valence-electron chi connectivity index (χ4n) is 6.06. The minimum atomic E-state index is -3.49. The number of rotatable bonds is 6. The maximum absolute atomic E-state index is 13.4. The summed E-state index contributed by atoms with van der Waals surface area (Å²) in [6.45, 7) is 5.22. The molecule has 1 saturated heterocycles. The molecule has 160 valence electrons. The van der Waals surface area contributed by atoms with Crippen molar-refractivity contribution >= 4 is 15.8 Å². The van der Waals surface area contributed by atoms with Crippen LogP contribution >= 0.6 is 0 Å². The molecule has 5 rings (SSSR count). The highest BCUT2D eigenvalue weighted by Gasteiger charge is 2.65. The Morgan fingerprint density at radius 3 is 2.66 bits per heavy atom. The van der Waals surface area contributed by atoms with Crippen molar-refractivity contribution in [2.45, 2.75) is 71.1 Å². The molecule has 7 nitrogen and oxygen atoms in total. The molecule has 3 atom stereocenters. The van der Waals surface area contributed by atoms with E-state index in [2.05, 4.69) is 24.0 Å². The number of hydrogen-bond donors (Lipinski definition) is 0. The van der Waals surface area contributed by atoms with Crippen LogP contribution in [0.15, 0.2) is 4.52 Å². The largest absolute Gasteiger partial charge is 0.339 e. The second kappa shape index (κ2) is 6.61. The van der Waals surface area contributed by atoms with Crippen LogP contribution in [0.25, 0.3) is 0 Å². The summed E-state index contributed by atoms with van der Waals surface area (Å²) < 4.78 is 33.8. The molecule has 0 aromatic carbocycles. The van der Waals surface area contributed by atoms with E-state index >= 15 is 0 Å². The van der Waals surface area contributed by atoms with Gasteiger partial charge in [0.1, 0.15) is 5.78 Å². The van der Waals surface area contributed by atoms with E-state index in [1.165, 1.54) is 0 Å². The molecule has 8 heteroatoms. The van der Waals surface area contributed by atoms with E-state index in [1.54, 1.807) is 4.31 Å². The fourth-order valence-corrected chi connectivity index (χ4v) is 8.39.